The lowest BCUT2D eigenvalue weighted by Gasteiger charge is -2.35. The Kier molecular flexibility index (Phi) is 7.66. The zero-order valence-corrected chi connectivity index (χ0v) is 19.6. The lowest BCUT2D eigenvalue weighted by molar-refractivity contribution is -0.0704. The van der Waals surface area contributed by atoms with Gasteiger partial charge < -0.3 is 20.3 Å². The van der Waals surface area contributed by atoms with Gasteiger partial charge in [-0.1, -0.05) is 42.5 Å². The minimum atomic E-state index is 0.307. The number of anilines is 1. The van der Waals surface area contributed by atoms with Gasteiger partial charge in [0.05, 0.1) is 12.2 Å². The summed E-state index contributed by atoms with van der Waals surface area (Å²) in [7, 11) is 1.84. The van der Waals surface area contributed by atoms with Crippen LogP contribution >= 0.6 is 0 Å². The monoisotopic (exact) mass is 435 g/mol. The van der Waals surface area contributed by atoms with E-state index < -0.39 is 0 Å². The number of morpholine rings is 1. The Morgan fingerprint density at radius 2 is 1.66 bits per heavy atom. The fourth-order valence-corrected chi connectivity index (χ4v) is 4.76. The van der Waals surface area contributed by atoms with Crippen LogP contribution in [0.4, 0.5) is 5.69 Å². The number of para-hydroxylation sites is 1. The lowest BCUT2D eigenvalue weighted by Crippen LogP contribution is -2.44. The first kappa shape index (κ1) is 22.6. The zero-order chi connectivity index (χ0) is 22.3. The molecule has 2 aliphatic rings. The maximum atomic E-state index is 5.84. The fourth-order valence-electron chi connectivity index (χ4n) is 4.76. The Morgan fingerprint density at radius 1 is 0.969 bits per heavy atom. The number of nitrogens with one attached hydrogen (secondary N) is 2. The van der Waals surface area contributed by atoms with E-state index in [-0.39, 0.29) is 0 Å². The van der Waals surface area contributed by atoms with Crippen LogP contribution in [0.1, 0.15) is 31.4 Å². The van der Waals surface area contributed by atoms with Crippen molar-refractivity contribution in [3.8, 4) is 0 Å². The van der Waals surface area contributed by atoms with Crippen LogP contribution in [0.25, 0.3) is 0 Å². The van der Waals surface area contributed by atoms with E-state index in [1.54, 1.807) is 0 Å². The van der Waals surface area contributed by atoms with Gasteiger partial charge in [-0.3, -0.25) is 9.89 Å². The van der Waals surface area contributed by atoms with Crippen LogP contribution in [0.5, 0.6) is 0 Å². The normalized spacial score (nSPS) is 24.5. The molecule has 0 radical (unpaired) electrons. The van der Waals surface area contributed by atoms with E-state index in [9.17, 15) is 0 Å². The fraction of sp³-hybridized carbons (Fsp3) is 0.500. The van der Waals surface area contributed by atoms with Crippen molar-refractivity contribution in [2.75, 3.05) is 38.1 Å². The number of hydrogen-bond donors (Lipinski definition) is 2. The van der Waals surface area contributed by atoms with Gasteiger partial charge in [0.2, 0.25) is 0 Å². The molecule has 2 aromatic rings. The average molecular weight is 436 g/mol. The summed E-state index contributed by atoms with van der Waals surface area (Å²) >= 11 is 0. The molecule has 3 unspecified atom stereocenters. The number of guanidine groups is 1. The Hall–Kier alpha value is -2.57. The molecular weight excluding hydrogens is 398 g/mol. The number of nitrogens with zero attached hydrogens (tertiary/aromatic N) is 3. The summed E-state index contributed by atoms with van der Waals surface area (Å²) < 4.78 is 5.84. The summed E-state index contributed by atoms with van der Waals surface area (Å²) in [5.41, 5.74) is 3.91. The van der Waals surface area contributed by atoms with Gasteiger partial charge >= 0.3 is 0 Å². The van der Waals surface area contributed by atoms with E-state index in [0.717, 1.165) is 51.6 Å². The highest BCUT2D eigenvalue weighted by Gasteiger charge is 2.23. The van der Waals surface area contributed by atoms with Crippen molar-refractivity contribution < 1.29 is 4.74 Å². The number of ether oxygens (including phenoxy) is 1. The molecule has 0 bridgehead atoms. The van der Waals surface area contributed by atoms with Crippen LogP contribution in [0.15, 0.2) is 59.6 Å². The van der Waals surface area contributed by atoms with Gasteiger partial charge in [-0.2, -0.15) is 0 Å². The third-order valence-electron chi connectivity index (χ3n) is 6.26. The summed E-state index contributed by atoms with van der Waals surface area (Å²) in [5, 5.41) is 7.06. The SMILES string of the molecule is CN=C(NCc1ccc(CN2CC(C)OC(C)C2)cc1)NC1CCN(c2ccccc2)C1. The van der Waals surface area contributed by atoms with Gasteiger partial charge in [-0.25, -0.2) is 0 Å². The van der Waals surface area contributed by atoms with Gasteiger partial charge in [0.15, 0.2) is 5.96 Å². The standard InChI is InChI=1S/C26H37N5O/c1-20-16-30(17-21(2)32-20)18-23-11-9-22(10-12-23)15-28-26(27-3)29-24-13-14-31(19-24)25-7-5-4-6-8-25/h4-12,20-21,24H,13-19H2,1-3H3,(H2,27,28,29). The highest BCUT2D eigenvalue weighted by atomic mass is 16.5. The first-order chi connectivity index (χ1) is 15.6. The van der Waals surface area contributed by atoms with Gasteiger partial charge in [-0.05, 0) is 43.5 Å². The Morgan fingerprint density at radius 3 is 2.34 bits per heavy atom. The van der Waals surface area contributed by atoms with Crippen molar-refractivity contribution in [3.05, 3.63) is 65.7 Å². The van der Waals surface area contributed by atoms with Crippen molar-refractivity contribution in [1.82, 2.24) is 15.5 Å². The van der Waals surface area contributed by atoms with Crippen LogP contribution in [0.3, 0.4) is 0 Å². The van der Waals surface area contributed by atoms with Gasteiger partial charge in [-0.15, -0.1) is 0 Å². The first-order valence-electron chi connectivity index (χ1n) is 11.8. The Balaban J connectivity index is 1.23. The van der Waals surface area contributed by atoms with E-state index in [4.69, 9.17) is 4.74 Å². The second-order valence-corrected chi connectivity index (χ2v) is 9.11. The van der Waals surface area contributed by atoms with Crippen LogP contribution in [-0.4, -0.2) is 62.3 Å². The quantitative estimate of drug-likeness (QED) is 0.539. The van der Waals surface area contributed by atoms with E-state index in [2.05, 4.69) is 93.9 Å². The van der Waals surface area contributed by atoms with Crippen LogP contribution in [0.2, 0.25) is 0 Å². The minimum Gasteiger partial charge on any atom is -0.373 e. The van der Waals surface area contributed by atoms with E-state index in [0.29, 0.717) is 18.2 Å². The van der Waals surface area contributed by atoms with Gasteiger partial charge in [0.25, 0.3) is 0 Å². The number of hydrogen-bond acceptors (Lipinski definition) is 4. The number of rotatable bonds is 6. The van der Waals surface area contributed by atoms with E-state index in [1.165, 1.54) is 16.8 Å². The van der Waals surface area contributed by atoms with E-state index >= 15 is 0 Å². The second-order valence-electron chi connectivity index (χ2n) is 9.11. The average Bonchev–Trinajstić information content (AvgIpc) is 3.26. The second kappa shape index (κ2) is 10.8. The summed E-state index contributed by atoms with van der Waals surface area (Å²) in [6.45, 7) is 10.1. The lowest BCUT2D eigenvalue weighted by atomic mass is 10.1. The van der Waals surface area contributed by atoms with Crippen LogP contribution in [0, 0.1) is 0 Å². The van der Waals surface area contributed by atoms with Crippen LogP contribution in [-0.2, 0) is 17.8 Å². The molecule has 0 amide bonds. The molecule has 2 heterocycles. The largest absolute Gasteiger partial charge is 0.373 e. The molecule has 32 heavy (non-hydrogen) atoms. The molecule has 0 aliphatic carbocycles. The number of benzene rings is 2. The van der Waals surface area contributed by atoms with E-state index in [1.807, 2.05) is 7.05 Å². The van der Waals surface area contributed by atoms with Crippen molar-refractivity contribution in [2.24, 2.45) is 4.99 Å². The molecule has 0 spiro atoms. The van der Waals surface area contributed by atoms with Crippen molar-refractivity contribution in [1.29, 1.82) is 0 Å². The molecule has 172 valence electrons. The molecule has 6 nitrogen and oxygen atoms in total. The third kappa shape index (κ3) is 6.24. The van der Waals surface area contributed by atoms with Gasteiger partial charge in [0, 0.05) is 58.0 Å². The molecule has 2 fully saturated rings. The predicted octanol–water partition coefficient (Wildman–Crippen LogP) is 3.24. The summed E-state index contributed by atoms with van der Waals surface area (Å²) in [5.74, 6) is 0.866. The van der Waals surface area contributed by atoms with Crippen molar-refractivity contribution in [2.45, 2.75) is 51.6 Å². The molecule has 2 saturated heterocycles. The molecule has 0 saturated carbocycles. The summed E-state index contributed by atoms with van der Waals surface area (Å²) in [4.78, 5) is 9.35. The Bertz CT molecular complexity index is 860. The highest BCUT2D eigenvalue weighted by Crippen LogP contribution is 2.19. The summed E-state index contributed by atoms with van der Waals surface area (Å²) in [6, 6.07) is 20.0. The molecule has 0 aromatic heterocycles. The summed E-state index contributed by atoms with van der Waals surface area (Å²) in [6.07, 6.45) is 1.73. The maximum Gasteiger partial charge on any atom is 0.191 e. The van der Waals surface area contributed by atoms with Crippen molar-refractivity contribution in [3.63, 3.8) is 0 Å². The van der Waals surface area contributed by atoms with Gasteiger partial charge in [0.1, 0.15) is 0 Å². The number of aliphatic imine (C=N–C) groups is 1. The first-order valence-corrected chi connectivity index (χ1v) is 11.8. The predicted molar refractivity (Wildman–Crippen MR) is 132 cm³/mol. The minimum absolute atomic E-state index is 0.307. The molecular formula is C26H37N5O. The smallest absolute Gasteiger partial charge is 0.191 e. The molecule has 2 N–H and O–H groups in total. The van der Waals surface area contributed by atoms with Crippen molar-refractivity contribution >= 4 is 11.6 Å². The molecule has 3 atom stereocenters. The molecule has 2 aromatic carbocycles. The topological polar surface area (TPSA) is 52.1 Å². The third-order valence-corrected chi connectivity index (χ3v) is 6.26. The highest BCUT2D eigenvalue weighted by molar-refractivity contribution is 5.80. The maximum absolute atomic E-state index is 5.84. The molecule has 6 heteroatoms. The molecule has 4 rings (SSSR count). The van der Waals surface area contributed by atoms with Crippen LogP contribution < -0.4 is 15.5 Å². The zero-order valence-electron chi connectivity index (χ0n) is 19.6. The Labute approximate surface area is 192 Å². The molecule has 2 aliphatic heterocycles.